The van der Waals surface area contributed by atoms with E-state index >= 15 is 0 Å². The summed E-state index contributed by atoms with van der Waals surface area (Å²) < 4.78 is 18.2. The molecule has 0 unspecified atom stereocenters. The molecule has 0 bridgehead atoms. The predicted molar refractivity (Wildman–Crippen MR) is 66.1 cm³/mol. The van der Waals surface area contributed by atoms with Crippen molar-refractivity contribution in [1.82, 2.24) is 9.55 Å². The minimum Gasteiger partial charge on any atom is -0.316 e. The SMILES string of the molecule is CCn1c([S@](C)(=O)=NC)nc2ccccc21. The van der Waals surface area contributed by atoms with Gasteiger partial charge in [0, 0.05) is 19.8 Å². The molecule has 0 saturated carbocycles. The average Bonchev–Trinajstić information content (AvgIpc) is 2.68. The quantitative estimate of drug-likeness (QED) is 0.803. The number of rotatable bonds is 2. The summed E-state index contributed by atoms with van der Waals surface area (Å²) in [6.45, 7) is 2.76. The van der Waals surface area contributed by atoms with E-state index in [1.165, 1.54) is 0 Å². The Morgan fingerprint density at radius 3 is 2.75 bits per heavy atom. The van der Waals surface area contributed by atoms with Crippen LogP contribution in [0.25, 0.3) is 11.0 Å². The van der Waals surface area contributed by atoms with E-state index in [1.807, 2.05) is 35.8 Å². The van der Waals surface area contributed by atoms with Crippen molar-refractivity contribution in [1.29, 1.82) is 0 Å². The molecule has 16 heavy (non-hydrogen) atoms. The van der Waals surface area contributed by atoms with Gasteiger partial charge in [0.2, 0.25) is 5.16 Å². The smallest absolute Gasteiger partial charge is 0.208 e. The van der Waals surface area contributed by atoms with Crippen molar-refractivity contribution in [2.45, 2.75) is 18.6 Å². The van der Waals surface area contributed by atoms with Gasteiger partial charge < -0.3 is 4.57 Å². The standard InChI is InChI=1S/C11H15N3OS/c1-4-14-10-8-6-5-7-9(10)13-11(14)16(3,15)12-2/h5-8H,4H2,1-3H3/t16-/m0/s1. The lowest BCUT2D eigenvalue weighted by atomic mass is 10.3. The van der Waals surface area contributed by atoms with Crippen LogP contribution in [0.2, 0.25) is 0 Å². The topological polar surface area (TPSA) is 47.2 Å². The van der Waals surface area contributed by atoms with Gasteiger partial charge in [0.15, 0.2) is 0 Å². The van der Waals surface area contributed by atoms with E-state index in [4.69, 9.17) is 0 Å². The Labute approximate surface area is 95.5 Å². The maximum atomic E-state index is 12.3. The molecule has 1 heterocycles. The summed E-state index contributed by atoms with van der Waals surface area (Å²) in [4.78, 5) is 4.42. The minimum atomic E-state index is -2.38. The maximum absolute atomic E-state index is 12.3. The number of nitrogens with zero attached hydrogens (tertiary/aromatic N) is 3. The lowest BCUT2D eigenvalue weighted by molar-refractivity contribution is 0.645. The summed E-state index contributed by atoms with van der Waals surface area (Å²) in [7, 11) is -0.805. The largest absolute Gasteiger partial charge is 0.316 e. The molecular weight excluding hydrogens is 222 g/mol. The number of para-hydroxylation sites is 2. The van der Waals surface area contributed by atoms with Gasteiger partial charge >= 0.3 is 0 Å². The van der Waals surface area contributed by atoms with E-state index in [9.17, 15) is 4.21 Å². The van der Waals surface area contributed by atoms with E-state index in [0.717, 1.165) is 17.6 Å². The highest BCUT2D eigenvalue weighted by atomic mass is 32.2. The fourth-order valence-corrected chi connectivity index (χ4v) is 2.80. The summed E-state index contributed by atoms with van der Waals surface area (Å²) in [5, 5.41) is 0.568. The first kappa shape index (κ1) is 11.1. The zero-order chi connectivity index (χ0) is 11.8. The molecule has 0 amide bonds. The van der Waals surface area contributed by atoms with Crippen LogP contribution < -0.4 is 0 Å². The lowest BCUT2D eigenvalue weighted by Crippen LogP contribution is -2.08. The average molecular weight is 237 g/mol. The first-order valence-corrected chi connectivity index (χ1v) is 7.08. The normalized spacial score (nSPS) is 14.9. The van der Waals surface area contributed by atoms with Crippen molar-refractivity contribution in [3.63, 3.8) is 0 Å². The molecule has 0 fully saturated rings. The summed E-state index contributed by atoms with van der Waals surface area (Å²) >= 11 is 0. The number of fused-ring (bicyclic) bond motifs is 1. The van der Waals surface area contributed by atoms with Crippen molar-refractivity contribution in [3.8, 4) is 0 Å². The van der Waals surface area contributed by atoms with Gasteiger partial charge in [-0.05, 0) is 19.1 Å². The fraction of sp³-hybridized carbons (Fsp3) is 0.364. The zero-order valence-electron chi connectivity index (χ0n) is 9.67. The number of aryl methyl sites for hydroxylation is 1. The molecule has 2 aromatic rings. The van der Waals surface area contributed by atoms with Crippen molar-refractivity contribution < 1.29 is 4.21 Å². The monoisotopic (exact) mass is 237 g/mol. The molecule has 0 N–H and O–H groups in total. The second-order valence-electron chi connectivity index (χ2n) is 3.61. The number of hydrogen-bond acceptors (Lipinski definition) is 3. The second-order valence-corrected chi connectivity index (χ2v) is 5.95. The van der Waals surface area contributed by atoms with Crippen LogP contribution in [0.1, 0.15) is 6.92 Å². The van der Waals surface area contributed by atoms with E-state index in [-0.39, 0.29) is 0 Å². The van der Waals surface area contributed by atoms with Gasteiger partial charge in [0.1, 0.15) is 9.73 Å². The predicted octanol–water partition coefficient (Wildman–Crippen LogP) is 2.14. The Hall–Kier alpha value is -1.36. The highest BCUT2D eigenvalue weighted by Gasteiger charge is 2.15. The van der Waals surface area contributed by atoms with E-state index in [1.54, 1.807) is 13.3 Å². The Balaban J connectivity index is 2.86. The summed E-state index contributed by atoms with van der Waals surface area (Å²) in [5.74, 6) is 0. The van der Waals surface area contributed by atoms with E-state index in [2.05, 4.69) is 9.35 Å². The molecule has 2 rings (SSSR count). The molecule has 86 valence electrons. The van der Waals surface area contributed by atoms with E-state index in [0.29, 0.717) is 5.16 Å². The van der Waals surface area contributed by atoms with Crippen LogP contribution in [0.3, 0.4) is 0 Å². The van der Waals surface area contributed by atoms with Gasteiger partial charge in [-0.15, -0.1) is 0 Å². The summed E-state index contributed by atoms with van der Waals surface area (Å²) in [5.41, 5.74) is 1.89. The van der Waals surface area contributed by atoms with Crippen LogP contribution in [-0.2, 0) is 16.3 Å². The minimum absolute atomic E-state index is 0.568. The van der Waals surface area contributed by atoms with Gasteiger partial charge in [0.25, 0.3) is 0 Å². The lowest BCUT2D eigenvalue weighted by Gasteiger charge is -2.06. The first-order valence-electron chi connectivity index (χ1n) is 5.15. The molecule has 0 saturated heterocycles. The van der Waals surface area contributed by atoms with Crippen LogP contribution >= 0.6 is 0 Å². The Kier molecular flexibility index (Phi) is 2.71. The maximum Gasteiger partial charge on any atom is 0.208 e. The van der Waals surface area contributed by atoms with Crippen LogP contribution in [0.4, 0.5) is 0 Å². The first-order chi connectivity index (χ1) is 7.60. The third-order valence-corrected chi connectivity index (χ3v) is 4.31. The number of benzene rings is 1. The summed E-state index contributed by atoms with van der Waals surface area (Å²) in [6.07, 6.45) is 1.63. The highest BCUT2D eigenvalue weighted by Crippen LogP contribution is 2.20. The van der Waals surface area contributed by atoms with Gasteiger partial charge in [-0.2, -0.15) is 0 Å². The second kappa shape index (κ2) is 3.90. The van der Waals surface area contributed by atoms with Crippen molar-refractivity contribution in [2.24, 2.45) is 4.36 Å². The Bertz CT molecular complexity index is 636. The number of aromatic nitrogens is 2. The van der Waals surface area contributed by atoms with Gasteiger partial charge in [-0.25, -0.2) is 13.6 Å². The zero-order valence-corrected chi connectivity index (χ0v) is 10.5. The van der Waals surface area contributed by atoms with E-state index < -0.39 is 9.73 Å². The third-order valence-electron chi connectivity index (χ3n) is 2.62. The van der Waals surface area contributed by atoms with Crippen LogP contribution in [0.5, 0.6) is 0 Å². The van der Waals surface area contributed by atoms with Crippen LogP contribution in [0, 0.1) is 0 Å². The number of hydrogen-bond donors (Lipinski definition) is 0. The van der Waals surface area contributed by atoms with Gasteiger partial charge in [-0.1, -0.05) is 12.1 Å². The molecule has 0 spiro atoms. The fourth-order valence-electron chi connectivity index (χ4n) is 1.73. The van der Waals surface area contributed by atoms with Crippen molar-refractivity contribution >= 4 is 20.8 Å². The Morgan fingerprint density at radius 1 is 1.44 bits per heavy atom. The molecule has 1 aromatic heterocycles. The molecule has 0 radical (unpaired) electrons. The van der Waals surface area contributed by atoms with Gasteiger partial charge in [0.05, 0.1) is 11.0 Å². The number of imidazole rings is 1. The molecule has 0 aliphatic heterocycles. The molecule has 1 atom stereocenters. The molecule has 5 heteroatoms. The molecule has 0 aliphatic carbocycles. The molecule has 1 aromatic carbocycles. The van der Waals surface area contributed by atoms with Crippen molar-refractivity contribution in [2.75, 3.05) is 13.3 Å². The molecule has 0 aliphatic rings. The molecular formula is C11H15N3OS. The highest BCUT2D eigenvalue weighted by molar-refractivity contribution is 7.92. The van der Waals surface area contributed by atoms with Crippen LogP contribution in [-0.4, -0.2) is 27.1 Å². The van der Waals surface area contributed by atoms with Gasteiger partial charge in [-0.3, -0.25) is 0 Å². The molecule has 4 nitrogen and oxygen atoms in total. The van der Waals surface area contributed by atoms with Crippen LogP contribution in [0.15, 0.2) is 33.8 Å². The van der Waals surface area contributed by atoms with Crippen molar-refractivity contribution in [3.05, 3.63) is 24.3 Å². The third kappa shape index (κ3) is 1.61. The summed E-state index contributed by atoms with van der Waals surface area (Å²) in [6, 6.07) is 7.80. The Morgan fingerprint density at radius 2 is 2.12 bits per heavy atom.